The van der Waals surface area contributed by atoms with E-state index in [1.54, 1.807) is 61.5 Å². The molecular formula is C23H23BrN2O5S2. The fourth-order valence-corrected chi connectivity index (χ4v) is 5.62. The molecule has 0 aromatic heterocycles. The highest BCUT2D eigenvalue weighted by molar-refractivity contribution is 9.10. The number of carbonyl (C=O) groups is 1. The molecule has 7 nitrogen and oxygen atoms in total. The van der Waals surface area contributed by atoms with Gasteiger partial charge in [-0.1, -0.05) is 52.3 Å². The van der Waals surface area contributed by atoms with Gasteiger partial charge in [0.1, 0.15) is 6.54 Å². The molecule has 33 heavy (non-hydrogen) atoms. The lowest BCUT2D eigenvalue weighted by Gasteiger charge is -2.25. The van der Waals surface area contributed by atoms with Crippen molar-refractivity contribution in [2.24, 2.45) is 0 Å². The van der Waals surface area contributed by atoms with Crippen molar-refractivity contribution < 1.29 is 21.6 Å². The van der Waals surface area contributed by atoms with E-state index in [9.17, 15) is 21.6 Å². The van der Waals surface area contributed by atoms with E-state index in [1.807, 2.05) is 0 Å². The van der Waals surface area contributed by atoms with Crippen molar-refractivity contribution in [3.63, 3.8) is 0 Å². The maximum atomic E-state index is 13.3. The Kier molecular flexibility index (Phi) is 7.61. The second-order valence-corrected chi connectivity index (χ2v) is 12.2. The third-order valence-electron chi connectivity index (χ3n) is 4.90. The van der Waals surface area contributed by atoms with Crippen molar-refractivity contribution >= 4 is 47.4 Å². The number of halogens is 1. The second kappa shape index (κ2) is 10.1. The number of benzene rings is 3. The molecule has 10 heteroatoms. The number of amides is 1. The maximum Gasteiger partial charge on any atom is 0.264 e. The molecule has 0 heterocycles. The molecule has 0 bridgehead atoms. The fraction of sp³-hybridized carbons (Fsp3) is 0.174. The molecular weight excluding hydrogens is 528 g/mol. The summed E-state index contributed by atoms with van der Waals surface area (Å²) in [6.45, 7) is 1.31. The van der Waals surface area contributed by atoms with E-state index in [1.165, 1.54) is 24.3 Å². The van der Waals surface area contributed by atoms with Crippen molar-refractivity contribution in [1.82, 2.24) is 5.32 Å². The van der Waals surface area contributed by atoms with Gasteiger partial charge in [0.2, 0.25) is 5.91 Å². The first-order chi connectivity index (χ1) is 15.5. The first kappa shape index (κ1) is 24.9. The normalized spacial score (nSPS) is 12.7. The Bertz CT molecular complexity index is 1340. The molecule has 0 radical (unpaired) electrons. The number of nitrogens with zero attached hydrogens (tertiary/aromatic N) is 1. The van der Waals surface area contributed by atoms with E-state index in [2.05, 4.69) is 21.2 Å². The van der Waals surface area contributed by atoms with E-state index in [4.69, 9.17) is 0 Å². The summed E-state index contributed by atoms with van der Waals surface area (Å²) < 4.78 is 51.7. The molecule has 0 aliphatic rings. The number of rotatable bonds is 8. The summed E-state index contributed by atoms with van der Waals surface area (Å²) in [5, 5.41) is 2.79. The standard InChI is InChI=1S/C23H23BrN2O5S2/c1-17(18-11-13-21(14-12-18)32(2,28)29)25-23(27)16-26(20-8-6-7-19(24)15-20)33(30,31)22-9-4-3-5-10-22/h3-15,17H,16H2,1-2H3,(H,25,27). The highest BCUT2D eigenvalue weighted by Crippen LogP contribution is 2.26. The molecule has 0 aliphatic carbocycles. The molecule has 0 aliphatic heterocycles. The monoisotopic (exact) mass is 550 g/mol. The van der Waals surface area contributed by atoms with Gasteiger partial charge in [0.15, 0.2) is 9.84 Å². The summed E-state index contributed by atoms with van der Waals surface area (Å²) in [7, 11) is -7.33. The van der Waals surface area contributed by atoms with Gasteiger partial charge < -0.3 is 5.32 Å². The van der Waals surface area contributed by atoms with E-state index >= 15 is 0 Å². The van der Waals surface area contributed by atoms with E-state index in [0.717, 1.165) is 10.6 Å². The molecule has 1 unspecified atom stereocenters. The zero-order valence-electron chi connectivity index (χ0n) is 18.0. The van der Waals surface area contributed by atoms with Crippen LogP contribution in [0.3, 0.4) is 0 Å². The fourth-order valence-electron chi connectivity index (χ4n) is 3.17. The molecule has 3 aromatic rings. The van der Waals surface area contributed by atoms with Gasteiger partial charge in [0.05, 0.1) is 21.5 Å². The van der Waals surface area contributed by atoms with Crippen LogP contribution in [-0.2, 0) is 24.7 Å². The first-order valence-corrected chi connectivity index (χ1v) is 14.0. The lowest BCUT2D eigenvalue weighted by atomic mass is 10.1. The van der Waals surface area contributed by atoms with Crippen LogP contribution in [0.4, 0.5) is 5.69 Å². The van der Waals surface area contributed by atoms with Gasteiger partial charge in [-0.3, -0.25) is 9.10 Å². The Morgan fingerprint density at radius 2 is 1.55 bits per heavy atom. The van der Waals surface area contributed by atoms with Crippen molar-refractivity contribution in [3.8, 4) is 0 Å². The van der Waals surface area contributed by atoms with Crippen LogP contribution in [0.15, 0.2) is 93.1 Å². The maximum absolute atomic E-state index is 13.3. The van der Waals surface area contributed by atoms with E-state index in [-0.39, 0.29) is 9.79 Å². The highest BCUT2D eigenvalue weighted by atomic mass is 79.9. The minimum absolute atomic E-state index is 0.0715. The average molecular weight is 551 g/mol. The molecule has 0 saturated heterocycles. The molecule has 174 valence electrons. The van der Waals surface area contributed by atoms with Crippen molar-refractivity contribution in [2.45, 2.75) is 22.8 Å². The lowest BCUT2D eigenvalue weighted by molar-refractivity contribution is -0.120. The molecule has 0 saturated carbocycles. The van der Waals surface area contributed by atoms with Crippen molar-refractivity contribution in [1.29, 1.82) is 0 Å². The number of nitrogens with one attached hydrogen (secondary N) is 1. The Morgan fingerprint density at radius 1 is 0.909 bits per heavy atom. The smallest absolute Gasteiger partial charge is 0.264 e. The van der Waals surface area contributed by atoms with Crippen LogP contribution in [-0.4, -0.2) is 35.5 Å². The van der Waals surface area contributed by atoms with Gasteiger partial charge in [-0.15, -0.1) is 0 Å². The number of sulfonamides is 1. The molecule has 0 fully saturated rings. The quantitative estimate of drug-likeness (QED) is 0.458. The number of carbonyl (C=O) groups excluding carboxylic acids is 1. The van der Waals surface area contributed by atoms with Gasteiger partial charge in [-0.25, -0.2) is 16.8 Å². The topological polar surface area (TPSA) is 101 Å². The highest BCUT2D eigenvalue weighted by Gasteiger charge is 2.27. The van der Waals surface area contributed by atoms with Crippen LogP contribution in [0.1, 0.15) is 18.5 Å². The van der Waals surface area contributed by atoms with Crippen molar-refractivity contribution in [3.05, 3.63) is 88.9 Å². The van der Waals surface area contributed by atoms with Crippen LogP contribution >= 0.6 is 15.9 Å². The second-order valence-electron chi connectivity index (χ2n) is 7.44. The zero-order chi connectivity index (χ0) is 24.2. The van der Waals surface area contributed by atoms with Gasteiger partial charge in [-0.2, -0.15) is 0 Å². The number of anilines is 1. The SMILES string of the molecule is CC(NC(=O)CN(c1cccc(Br)c1)S(=O)(=O)c1ccccc1)c1ccc(S(C)(=O)=O)cc1. The Morgan fingerprint density at radius 3 is 2.12 bits per heavy atom. The number of sulfone groups is 1. The Balaban J connectivity index is 1.85. The predicted molar refractivity (Wildman–Crippen MR) is 131 cm³/mol. The minimum atomic E-state index is -4.00. The Hall–Kier alpha value is -2.69. The lowest BCUT2D eigenvalue weighted by Crippen LogP contribution is -2.41. The molecule has 1 N–H and O–H groups in total. The summed E-state index contributed by atoms with van der Waals surface area (Å²) in [5.41, 5.74) is 1.03. The largest absolute Gasteiger partial charge is 0.348 e. The van der Waals surface area contributed by atoms with Gasteiger partial charge in [0.25, 0.3) is 10.0 Å². The van der Waals surface area contributed by atoms with Crippen LogP contribution in [0, 0.1) is 0 Å². The number of hydrogen-bond donors (Lipinski definition) is 1. The van der Waals surface area contributed by atoms with Crippen LogP contribution in [0.2, 0.25) is 0 Å². The van der Waals surface area contributed by atoms with E-state index < -0.39 is 38.4 Å². The minimum Gasteiger partial charge on any atom is -0.348 e. The average Bonchev–Trinajstić information content (AvgIpc) is 2.77. The molecule has 3 rings (SSSR count). The Labute approximate surface area is 202 Å². The van der Waals surface area contributed by atoms with Crippen LogP contribution in [0.25, 0.3) is 0 Å². The summed E-state index contributed by atoms with van der Waals surface area (Å²) >= 11 is 3.35. The summed E-state index contributed by atoms with van der Waals surface area (Å²) in [6.07, 6.45) is 1.12. The van der Waals surface area contributed by atoms with Crippen molar-refractivity contribution in [2.75, 3.05) is 17.1 Å². The third kappa shape index (κ3) is 6.21. The van der Waals surface area contributed by atoms with Gasteiger partial charge in [-0.05, 0) is 55.0 Å². The summed E-state index contributed by atoms with van der Waals surface area (Å²) in [4.78, 5) is 13.1. The van der Waals surface area contributed by atoms with Gasteiger partial charge in [0, 0.05) is 10.7 Å². The first-order valence-electron chi connectivity index (χ1n) is 9.91. The van der Waals surface area contributed by atoms with Gasteiger partial charge >= 0.3 is 0 Å². The molecule has 1 amide bonds. The van der Waals surface area contributed by atoms with Crippen LogP contribution < -0.4 is 9.62 Å². The zero-order valence-corrected chi connectivity index (χ0v) is 21.2. The molecule has 1 atom stereocenters. The summed E-state index contributed by atoms with van der Waals surface area (Å²) in [6, 6.07) is 20.3. The summed E-state index contributed by atoms with van der Waals surface area (Å²) in [5.74, 6) is -0.505. The molecule has 3 aromatic carbocycles. The third-order valence-corrected chi connectivity index (χ3v) is 8.31. The van der Waals surface area contributed by atoms with Crippen LogP contribution in [0.5, 0.6) is 0 Å². The number of hydrogen-bond acceptors (Lipinski definition) is 5. The predicted octanol–water partition coefficient (Wildman–Crippen LogP) is 3.93. The molecule has 0 spiro atoms. The van der Waals surface area contributed by atoms with E-state index in [0.29, 0.717) is 15.7 Å².